The van der Waals surface area contributed by atoms with E-state index in [4.69, 9.17) is 4.74 Å². The number of carbonyl (C=O) groups is 1. The van der Waals surface area contributed by atoms with Crippen LogP contribution in [0.4, 0.5) is 4.79 Å². The lowest BCUT2D eigenvalue weighted by Gasteiger charge is -2.40. The van der Waals surface area contributed by atoms with Crippen molar-refractivity contribution in [3.8, 4) is 0 Å². The zero-order valence-corrected chi connectivity index (χ0v) is 18.6. The van der Waals surface area contributed by atoms with Crippen LogP contribution in [0.5, 0.6) is 0 Å². The van der Waals surface area contributed by atoms with Gasteiger partial charge in [0.05, 0.1) is 12.3 Å². The van der Waals surface area contributed by atoms with Crippen molar-refractivity contribution in [2.24, 2.45) is 4.99 Å². The zero-order chi connectivity index (χ0) is 18.4. The molecular formula is C14H30IN5O4S. The summed E-state index contributed by atoms with van der Waals surface area (Å²) in [5.74, 6) is 0.628. The summed E-state index contributed by atoms with van der Waals surface area (Å²) in [4.78, 5) is 17.6. The fraction of sp³-hybridized carbons (Fsp3) is 0.857. The Balaban J connectivity index is 0.00000576. The summed E-state index contributed by atoms with van der Waals surface area (Å²) in [5, 5.41) is 6.32. The maximum absolute atomic E-state index is 11.8. The smallest absolute Gasteiger partial charge is 0.410 e. The molecule has 1 aliphatic heterocycles. The van der Waals surface area contributed by atoms with Gasteiger partial charge in [0.15, 0.2) is 5.96 Å². The van der Waals surface area contributed by atoms with Gasteiger partial charge < -0.3 is 20.3 Å². The molecule has 0 unspecified atom stereocenters. The minimum absolute atomic E-state index is 0. The molecule has 1 amide bonds. The van der Waals surface area contributed by atoms with Gasteiger partial charge in [0.1, 0.15) is 5.60 Å². The first kappa shape index (κ1) is 24.2. The van der Waals surface area contributed by atoms with Gasteiger partial charge >= 0.3 is 6.09 Å². The Labute approximate surface area is 167 Å². The van der Waals surface area contributed by atoms with E-state index in [1.807, 2.05) is 20.8 Å². The molecule has 1 aliphatic rings. The number of ether oxygens (including phenoxy) is 1. The van der Waals surface area contributed by atoms with Crippen LogP contribution in [-0.4, -0.2) is 76.5 Å². The molecule has 148 valence electrons. The van der Waals surface area contributed by atoms with Gasteiger partial charge in [-0.25, -0.2) is 17.9 Å². The third kappa shape index (κ3) is 10.7. The zero-order valence-electron chi connectivity index (χ0n) is 15.5. The minimum Gasteiger partial charge on any atom is -0.444 e. The number of likely N-dealkylation sites (tertiary alicyclic amines) is 1. The van der Waals surface area contributed by atoms with Crippen LogP contribution in [0.2, 0.25) is 0 Å². The highest BCUT2D eigenvalue weighted by Crippen LogP contribution is 2.15. The number of carbonyl (C=O) groups excluding carboxylic acids is 1. The Morgan fingerprint density at radius 3 is 2.36 bits per heavy atom. The predicted octanol–water partition coefficient (Wildman–Crippen LogP) is 0.328. The molecule has 1 rings (SSSR count). The van der Waals surface area contributed by atoms with Crippen LogP contribution < -0.4 is 15.4 Å². The van der Waals surface area contributed by atoms with Crippen molar-refractivity contribution in [3.63, 3.8) is 0 Å². The predicted molar refractivity (Wildman–Crippen MR) is 109 cm³/mol. The van der Waals surface area contributed by atoms with Gasteiger partial charge in [0.25, 0.3) is 0 Å². The minimum atomic E-state index is -3.14. The topological polar surface area (TPSA) is 112 Å². The SMILES string of the molecule is CN=C(NCCCNS(C)(=O)=O)NC1CN(C(=O)OC(C)(C)C)C1.I. The van der Waals surface area contributed by atoms with Gasteiger partial charge in [-0.05, 0) is 27.2 Å². The Morgan fingerprint density at radius 1 is 1.28 bits per heavy atom. The lowest BCUT2D eigenvalue weighted by atomic mass is 10.1. The van der Waals surface area contributed by atoms with Gasteiger partial charge in [-0.15, -0.1) is 24.0 Å². The van der Waals surface area contributed by atoms with Crippen LogP contribution in [0.25, 0.3) is 0 Å². The van der Waals surface area contributed by atoms with Crippen molar-refractivity contribution in [2.75, 3.05) is 39.5 Å². The van der Waals surface area contributed by atoms with Gasteiger partial charge in [0, 0.05) is 33.2 Å². The van der Waals surface area contributed by atoms with Crippen LogP contribution >= 0.6 is 24.0 Å². The fourth-order valence-electron chi connectivity index (χ4n) is 1.99. The van der Waals surface area contributed by atoms with E-state index in [2.05, 4.69) is 20.3 Å². The van der Waals surface area contributed by atoms with Crippen LogP contribution in [0.1, 0.15) is 27.2 Å². The highest BCUT2D eigenvalue weighted by Gasteiger charge is 2.34. The second-order valence-corrected chi connectivity index (χ2v) is 8.58. The van der Waals surface area contributed by atoms with Crippen molar-refractivity contribution >= 4 is 46.1 Å². The molecule has 0 radical (unpaired) electrons. The first-order chi connectivity index (χ1) is 11.0. The molecule has 1 heterocycles. The number of nitrogens with one attached hydrogen (secondary N) is 3. The van der Waals surface area contributed by atoms with E-state index in [1.54, 1.807) is 11.9 Å². The second kappa shape index (κ2) is 10.4. The van der Waals surface area contributed by atoms with Gasteiger partial charge in [-0.1, -0.05) is 0 Å². The first-order valence-corrected chi connectivity index (χ1v) is 9.79. The summed E-state index contributed by atoms with van der Waals surface area (Å²) >= 11 is 0. The summed E-state index contributed by atoms with van der Waals surface area (Å²) in [6.07, 6.45) is 1.46. The Hall–Kier alpha value is -0.820. The second-order valence-electron chi connectivity index (χ2n) is 6.75. The van der Waals surface area contributed by atoms with E-state index >= 15 is 0 Å². The summed E-state index contributed by atoms with van der Waals surface area (Å²) in [5.41, 5.74) is -0.493. The standard InChI is InChI=1S/C14H29N5O4S.HI/c1-14(2,3)23-13(20)19-9-11(10-19)18-12(15-4)16-7-6-8-17-24(5,21)22;/h11,17H,6-10H2,1-5H3,(H2,15,16,18);1H. The summed E-state index contributed by atoms with van der Waals surface area (Å²) in [6, 6.07) is 0.123. The summed E-state index contributed by atoms with van der Waals surface area (Å²) in [7, 11) is -1.48. The molecule has 0 atom stereocenters. The lowest BCUT2D eigenvalue weighted by molar-refractivity contribution is 0.00701. The largest absolute Gasteiger partial charge is 0.444 e. The van der Waals surface area contributed by atoms with E-state index in [1.165, 1.54) is 0 Å². The molecule has 1 saturated heterocycles. The molecule has 0 saturated carbocycles. The van der Waals surface area contributed by atoms with E-state index in [-0.39, 0.29) is 36.1 Å². The van der Waals surface area contributed by atoms with Crippen LogP contribution in [0, 0.1) is 0 Å². The van der Waals surface area contributed by atoms with Gasteiger partial charge in [-0.2, -0.15) is 0 Å². The molecule has 0 aromatic rings. The number of aliphatic imine (C=N–C) groups is 1. The molecule has 0 bridgehead atoms. The quantitative estimate of drug-likeness (QED) is 0.214. The first-order valence-electron chi connectivity index (χ1n) is 7.90. The number of rotatable bonds is 6. The Morgan fingerprint density at radius 2 is 1.88 bits per heavy atom. The maximum Gasteiger partial charge on any atom is 0.410 e. The molecule has 0 spiro atoms. The molecule has 0 aromatic heterocycles. The third-order valence-corrected chi connectivity index (χ3v) is 3.84. The number of halogens is 1. The molecule has 11 heteroatoms. The van der Waals surface area contributed by atoms with E-state index in [0.717, 1.165) is 6.26 Å². The lowest BCUT2D eigenvalue weighted by Crippen LogP contribution is -2.63. The molecular weight excluding hydrogens is 461 g/mol. The van der Waals surface area contributed by atoms with Crippen molar-refractivity contribution in [1.82, 2.24) is 20.3 Å². The summed E-state index contributed by atoms with van der Waals surface area (Å²) in [6.45, 7) is 7.60. The van der Waals surface area contributed by atoms with E-state index in [0.29, 0.717) is 38.6 Å². The number of amides is 1. The molecule has 1 fully saturated rings. The highest BCUT2D eigenvalue weighted by molar-refractivity contribution is 14.0. The molecule has 25 heavy (non-hydrogen) atoms. The molecule has 0 aromatic carbocycles. The Kier molecular flexibility index (Phi) is 10.0. The third-order valence-electron chi connectivity index (χ3n) is 3.11. The molecule has 3 N–H and O–H groups in total. The number of guanidine groups is 1. The fourth-order valence-corrected chi connectivity index (χ4v) is 2.50. The average molecular weight is 491 g/mol. The van der Waals surface area contributed by atoms with Crippen LogP contribution in [0.15, 0.2) is 4.99 Å². The van der Waals surface area contributed by atoms with E-state index < -0.39 is 15.6 Å². The Bertz CT molecular complexity index is 556. The average Bonchev–Trinajstić information content (AvgIpc) is 2.35. The van der Waals surface area contributed by atoms with Crippen LogP contribution in [0.3, 0.4) is 0 Å². The number of sulfonamides is 1. The highest BCUT2D eigenvalue weighted by atomic mass is 127. The van der Waals surface area contributed by atoms with Gasteiger partial charge in [0.2, 0.25) is 10.0 Å². The number of nitrogens with zero attached hydrogens (tertiary/aromatic N) is 2. The normalized spacial score (nSPS) is 15.9. The maximum atomic E-state index is 11.8. The monoisotopic (exact) mass is 491 g/mol. The van der Waals surface area contributed by atoms with Crippen molar-refractivity contribution < 1.29 is 17.9 Å². The van der Waals surface area contributed by atoms with Crippen molar-refractivity contribution in [2.45, 2.75) is 38.8 Å². The molecule has 0 aliphatic carbocycles. The van der Waals surface area contributed by atoms with Gasteiger partial charge in [-0.3, -0.25) is 4.99 Å². The van der Waals surface area contributed by atoms with E-state index in [9.17, 15) is 13.2 Å². The number of hydrogen-bond acceptors (Lipinski definition) is 5. The van der Waals surface area contributed by atoms with Crippen LogP contribution in [-0.2, 0) is 14.8 Å². The van der Waals surface area contributed by atoms with Crippen molar-refractivity contribution in [1.29, 1.82) is 0 Å². The summed E-state index contributed by atoms with van der Waals surface area (Å²) < 4.78 is 29.6. The molecule has 9 nitrogen and oxygen atoms in total. The number of hydrogen-bond donors (Lipinski definition) is 3. The van der Waals surface area contributed by atoms with Crippen molar-refractivity contribution in [3.05, 3.63) is 0 Å².